The predicted molar refractivity (Wildman–Crippen MR) is 84.5 cm³/mol. The van der Waals surface area contributed by atoms with Crippen molar-refractivity contribution in [3.8, 4) is 16.5 Å². The summed E-state index contributed by atoms with van der Waals surface area (Å²) < 4.78 is 5.06. The zero-order chi connectivity index (χ0) is 13.1. The maximum absolute atomic E-state index is 5.06. The predicted octanol–water partition coefficient (Wildman–Crippen LogP) is 3.84. The first-order valence-electron chi connectivity index (χ1n) is 5.47. The van der Waals surface area contributed by atoms with Gasteiger partial charge in [0, 0.05) is 17.0 Å². The van der Waals surface area contributed by atoms with Crippen LogP contribution in [0.15, 0.2) is 35.3 Å². The summed E-state index contributed by atoms with van der Waals surface area (Å²) in [5, 5.41) is 8.79. The lowest BCUT2D eigenvalue weighted by atomic mass is 10.4. The summed E-state index contributed by atoms with van der Waals surface area (Å²) in [4.78, 5) is 12.9. The Hall–Kier alpha value is -1.70. The Bertz CT molecular complexity index is 654. The van der Waals surface area contributed by atoms with Gasteiger partial charge in [-0.25, -0.2) is 15.0 Å². The van der Waals surface area contributed by atoms with Crippen molar-refractivity contribution >= 4 is 46.0 Å². The van der Waals surface area contributed by atoms with E-state index in [2.05, 4.69) is 20.3 Å². The van der Waals surface area contributed by atoms with Crippen molar-refractivity contribution in [3.63, 3.8) is 0 Å². The lowest BCUT2D eigenvalue weighted by molar-refractivity contribution is 0.413. The second-order valence-corrected chi connectivity index (χ2v) is 5.34. The SMILES string of the molecule is COc1ccc(Nc2nc(-c3nccs3)cs2)nc1.Cl. The third-order valence-corrected chi connectivity index (χ3v) is 3.92. The van der Waals surface area contributed by atoms with Gasteiger partial charge in [0.25, 0.3) is 0 Å². The molecule has 0 aliphatic carbocycles. The van der Waals surface area contributed by atoms with Crippen LogP contribution in [0.4, 0.5) is 10.9 Å². The molecule has 0 fully saturated rings. The zero-order valence-electron chi connectivity index (χ0n) is 10.4. The monoisotopic (exact) mass is 326 g/mol. The van der Waals surface area contributed by atoms with Gasteiger partial charge in [-0.2, -0.15) is 0 Å². The van der Waals surface area contributed by atoms with Gasteiger partial charge in [-0.05, 0) is 12.1 Å². The zero-order valence-corrected chi connectivity index (χ0v) is 12.9. The molecule has 0 saturated carbocycles. The molecular formula is C12H11ClN4OS2. The van der Waals surface area contributed by atoms with Gasteiger partial charge in [0.15, 0.2) is 5.13 Å². The van der Waals surface area contributed by atoms with Crippen molar-refractivity contribution in [1.82, 2.24) is 15.0 Å². The van der Waals surface area contributed by atoms with E-state index in [4.69, 9.17) is 4.74 Å². The molecular weight excluding hydrogens is 316 g/mol. The van der Waals surface area contributed by atoms with Crippen molar-refractivity contribution in [3.05, 3.63) is 35.3 Å². The molecule has 20 heavy (non-hydrogen) atoms. The van der Waals surface area contributed by atoms with Gasteiger partial charge in [0.2, 0.25) is 0 Å². The number of rotatable bonds is 4. The van der Waals surface area contributed by atoms with Gasteiger partial charge in [0.1, 0.15) is 22.3 Å². The molecule has 0 aromatic carbocycles. The average molecular weight is 327 g/mol. The number of hydrogen-bond acceptors (Lipinski definition) is 7. The van der Waals surface area contributed by atoms with Crippen molar-refractivity contribution in [1.29, 1.82) is 0 Å². The number of halogens is 1. The summed E-state index contributed by atoms with van der Waals surface area (Å²) in [5.41, 5.74) is 0.885. The van der Waals surface area contributed by atoms with Gasteiger partial charge in [-0.15, -0.1) is 35.1 Å². The molecule has 0 amide bonds. The normalized spacial score (nSPS) is 9.85. The fraction of sp³-hybridized carbons (Fsp3) is 0.0833. The van der Waals surface area contributed by atoms with Crippen LogP contribution in [-0.4, -0.2) is 22.1 Å². The number of methoxy groups -OCH3 is 1. The number of pyridine rings is 1. The minimum Gasteiger partial charge on any atom is -0.495 e. The van der Waals surface area contributed by atoms with E-state index in [0.29, 0.717) is 0 Å². The number of hydrogen-bond donors (Lipinski definition) is 1. The molecule has 104 valence electrons. The van der Waals surface area contributed by atoms with Crippen LogP contribution in [0.25, 0.3) is 10.7 Å². The molecule has 0 unspecified atom stereocenters. The van der Waals surface area contributed by atoms with E-state index < -0.39 is 0 Å². The topological polar surface area (TPSA) is 59.9 Å². The summed E-state index contributed by atoms with van der Waals surface area (Å²) in [6.07, 6.45) is 3.44. The third-order valence-electron chi connectivity index (χ3n) is 2.36. The highest BCUT2D eigenvalue weighted by Crippen LogP contribution is 2.27. The maximum atomic E-state index is 5.06. The Labute approximate surface area is 130 Å². The van der Waals surface area contributed by atoms with Gasteiger partial charge in [-0.3, -0.25) is 0 Å². The first kappa shape index (κ1) is 14.7. The molecule has 0 aliphatic heterocycles. The van der Waals surface area contributed by atoms with E-state index >= 15 is 0 Å². The molecule has 0 bridgehead atoms. The van der Waals surface area contributed by atoms with Crippen molar-refractivity contribution in [2.45, 2.75) is 0 Å². The molecule has 0 atom stereocenters. The molecule has 0 spiro atoms. The number of ether oxygens (including phenoxy) is 1. The van der Waals surface area contributed by atoms with Crippen LogP contribution in [-0.2, 0) is 0 Å². The lowest BCUT2D eigenvalue weighted by Gasteiger charge is -2.02. The van der Waals surface area contributed by atoms with Gasteiger partial charge >= 0.3 is 0 Å². The molecule has 0 aliphatic rings. The Morgan fingerprint density at radius 3 is 2.75 bits per heavy atom. The van der Waals surface area contributed by atoms with Crippen molar-refractivity contribution < 1.29 is 4.74 Å². The Morgan fingerprint density at radius 2 is 2.10 bits per heavy atom. The molecule has 3 aromatic rings. The second-order valence-electron chi connectivity index (χ2n) is 3.58. The summed E-state index contributed by atoms with van der Waals surface area (Å²) in [6, 6.07) is 3.70. The van der Waals surface area contributed by atoms with E-state index in [1.165, 1.54) is 11.3 Å². The van der Waals surface area contributed by atoms with Crippen LogP contribution in [0.1, 0.15) is 0 Å². The standard InChI is InChI=1S/C12H10N4OS2.ClH/c1-17-8-2-3-10(14-6-8)16-12-15-9(7-19-12)11-13-4-5-18-11;/h2-7H,1H3,(H,14,15,16);1H. The molecule has 3 heterocycles. The van der Waals surface area contributed by atoms with Crippen LogP contribution in [0, 0.1) is 0 Å². The highest BCUT2D eigenvalue weighted by atomic mass is 35.5. The molecule has 0 radical (unpaired) electrons. The Morgan fingerprint density at radius 1 is 1.20 bits per heavy atom. The highest BCUT2D eigenvalue weighted by Gasteiger charge is 2.07. The van der Waals surface area contributed by atoms with Crippen LogP contribution >= 0.6 is 35.1 Å². The van der Waals surface area contributed by atoms with Crippen LogP contribution in [0.5, 0.6) is 5.75 Å². The second kappa shape index (κ2) is 6.65. The first-order valence-corrected chi connectivity index (χ1v) is 7.23. The molecule has 0 saturated heterocycles. The van der Waals surface area contributed by atoms with Crippen molar-refractivity contribution in [2.75, 3.05) is 12.4 Å². The highest BCUT2D eigenvalue weighted by molar-refractivity contribution is 7.15. The van der Waals surface area contributed by atoms with Crippen LogP contribution < -0.4 is 10.1 Å². The summed E-state index contributed by atoms with van der Waals surface area (Å²) in [5.74, 6) is 1.47. The van der Waals surface area contributed by atoms with E-state index in [0.717, 1.165) is 27.4 Å². The molecule has 1 N–H and O–H groups in total. The van der Waals surface area contributed by atoms with Gasteiger partial charge in [0.05, 0.1) is 13.3 Å². The minimum absolute atomic E-state index is 0. The third kappa shape index (κ3) is 3.24. The molecule has 3 aromatic heterocycles. The summed E-state index contributed by atoms with van der Waals surface area (Å²) in [6.45, 7) is 0. The lowest BCUT2D eigenvalue weighted by Crippen LogP contribution is -1.93. The van der Waals surface area contributed by atoms with E-state index in [1.54, 1.807) is 30.8 Å². The molecule has 5 nitrogen and oxygen atoms in total. The number of nitrogens with one attached hydrogen (secondary N) is 1. The van der Waals surface area contributed by atoms with Crippen molar-refractivity contribution in [2.24, 2.45) is 0 Å². The Kier molecular flexibility index (Phi) is 4.89. The van der Waals surface area contributed by atoms with Crippen LogP contribution in [0.3, 0.4) is 0 Å². The smallest absolute Gasteiger partial charge is 0.188 e. The fourth-order valence-corrected chi connectivity index (χ4v) is 2.84. The minimum atomic E-state index is 0. The molecule has 8 heteroatoms. The number of thiazole rings is 2. The number of aromatic nitrogens is 3. The van der Waals surface area contributed by atoms with Gasteiger partial charge in [-0.1, -0.05) is 0 Å². The van der Waals surface area contributed by atoms with Gasteiger partial charge < -0.3 is 10.1 Å². The number of anilines is 2. The molecule has 3 rings (SSSR count). The quantitative estimate of drug-likeness (QED) is 0.789. The maximum Gasteiger partial charge on any atom is 0.188 e. The fourth-order valence-electron chi connectivity index (χ4n) is 1.46. The van der Waals surface area contributed by atoms with Crippen LogP contribution in [0.2, 0.25) is 0 Å². The number of nitrogens with zero attached hydrogens (tertiary/aromatic N) is 3. The first-order chi connectivity index (χ1) is 9.35. The summed E-state index contributed by atoms with van der Waals surface area (Å²) in [7, 11) is 1.62. The Balaban J connectivity index is 0.00000147. The van der Waals surface area contributed by atoms with E-state index in [9.17, 15) is 0 Å². The average Bonchev–Trinajstić information content (AvgIpc) is 3.10. The van der Waals surface area contributed by atoms with E-state index in [-0.39, 0.29) is 12.4 Å². The summed E-state index contributed by atoms with van der Waals surface area (Å²) >= 11 is 3.10. The van der Waals surface area contributed by atoms with E-state index in [1.807, 2.05) is 22.9 Å². The largest absolute Gasteiger partial charge is 0.495 e.